The Morgan fingerprint density at radius 2 is 1.80 bits per heavy atom. The molecule has 1 saturated carbocycles. The Labute approximate surface area is 238 Å². The van der Waals surface area contributed by atoms with Crippen LogP contribution < -0.4 is 15.8 Å². The Morgan fingerprint density at radius 1 is 1.02 bits per heavy atom. The molecule has 1 saturated heterocycles. The Kier molecular flexibility index (Phi) is 8.03. The molecule has 12 heteroatoms. The Bertz CT molecular complexity index is 1510. The van der Waals surface area contributed by atoms with Gasteiger partial charge in [0.15, 0.2) is 6.10 Å². The average molecular weight is 583 g/mol. The Morgan fingerprint density at radius 3 is 2.59 bits per heavy atom. The van der Waals surface area contributed by atoms with E-state index in [0.29, 0.717) is 31.1 Å². The van der Waals surface area contributed by atoms with E-state index in [-0.39, 0.29) is 24.3 Å². The highest BCUT2D eigenvalue weighted by Crippen LogP contribution is 2.46. The van der Waals surface area contributed by atoms with Gasteiger partial charge in [-0.2, -0.15) is 0 Å². The minimum absolute atomic E-state index is 0.0646. The van der Waals surface area contributed by atoms with Crippen molar-refractivity contribution >= 4 is 44.6 Å². The highest BCUT2D eigenvalue weighted by Gasteiger charge is 2.61. The number of ether oxygens (including phenoxy) is 1. The van der Waals surface area contributed by atoms with Gasteiger partial charge in [0.2, 0.25) is 5.91 Å². The van der Waals surface area contributed by atoms with Gasteiger partial charge < -0.3 is 20.7 Å². The molecule has 2 heterocycles. The molecular weight excluding hydrogens is 548 g/mol. The summed E-state index contributed by atoms with van der Waals surface area (Å²) in [5, 5.41) is 4.36. The van der Waals surface area contributed by atoms with Crippen LogP contribution >= 0.6 is 0 Å². The third kappa shape index (κ3) is 6.07. The van der Waals surface area contributed by atoms with E-state index >= 15 is 0 Å². The zero-order valence-electron chi connectivity index (χ0n) is 22.6. The summed E-state index contributed by atoms with van der Waals surface area (Å²) >= 11 is 0. The van der Waals surface area contributed by atoms with Crippen LogP contribution in [-0.2, 0) is 29.1 Å². The van der Waals surface area contributed by atoms with Crippen molar-refractivity contribution in [2.45, 2.75) is 73.9 Å². The number of rotatable bonds is 4. The number of nitrogens with one attached hydrogen (secondary N) is 2. The molecule has 11 nitrogen and oxygen atoms in total. The number of benzene rings is 2. The van der Waals surface area contributed by atoms with Crippen molar-refractivity contribution in [2.75, 3.05) is 6.54 Å². The van der Waals surface area contributed by atoms with Crippen LogP contribution in [0.3, 0.4) is 0 Å². The SMILES string of the molecule is NC(=O)OC1CCCCC/C=C/C2CC2(C(=O)NS(=O)(=O)c2ccc3ccccc3c2)NC(=O)C2CCCN2C1=O. The summed E-state index contributed by atoms with van der Waals surface area (Å²) in [5.41, 5.74) is 3.74. The first kappa shape index (κ1) is 28.6. The van der Waals surface area contributed by atoms with E-state index in [9.17, 15) is 27.6 Å². The van der Waals surface area contributed by atoms with Gasteiger partial charge in [-0.05, 0) is 67.9 Å². The summed E-state index contributed by atoms with van der Waals surface area (Å²) in [4.78, 5) is 53.3. The minimum atomic E-state index is -4.24. The highest BCUT2D eigenvalue weighted by atomic mass is 32.2. The van der Waals surface area contributed by atoms with E-state index in [2.05, 4.69) is 10.0 Å². The molecule has 4 N–H and O–H groups in total. The van der Waals surface area contributed by atoms with Crippen LogP contribution in [0.4, 0.5) is 4.79 Å². The normalized spacial score (nSPS) is 27.9. The van der Waals surface area contributed by atoms with E-state index in [4.69, 9.17) is 10.5 Å². The summed E-state index contributed by atoms with van der Waals surface area (Å²) in [5.74, 6) is -2.29. The van der Waals surface area contributed by atoms with Gasteiger partial charge in [0, 0.05) is 12.5 Å². The number of carbonyl (C=O) groups is 4. The van der Waals surface area contributed by atoms with Crippen LogP contribution in [0.15, 0.2) is 59.5 Å². The number of sulfonamides is 1. The van der Waals surface area contributed by atoms with E-state index in [1.807, 2.05) is 24.3 Å². The molecule has 2 aliphatic heterocycles. The fraction of sp³-hybridized carbons (Fsp3) is 0.448. The highest BCUT2D eigenvalue weighted by molar-refractivity contribution is 7.90. The second kappa shape index (κ2) is 11.5. The van der Waals surface area contributed by atoms with Crippen molar-refractivity contribution in [2.24, 2.45) is 11.7 Å². The number of nitrogens with zero attached hydrogens (tertiary/aromatic N) is 1. The van der Waals surface area contributed by atoms with Gasteiger partial charge in [0.1, 0.15) is 11.6 Å². The van der Waals surface area contributed by atoms with Gasteiger partial charge in [0.25, 0.3) is 21.8 Å². The predicted octanol–water partition coefficient (Wildman–Crippen LogP) is 2.49. The van der Waals surface area contributed by atoms with Crippen molar-refractivity contribution in [3.63, 3.8) is 0 Å². The number of allylic oxidation sites excluding steroid dienone is 1. The number of hydrogen-bond donors (Lipinski definition) is 3. The first-order valence-electron chi connectivity index (χ1n) is 13.9. The second-order valence-electron chi connectivity index (χ2n) is 10.9. The standard InChI is InChI=1S/C29H34N4O7S/c30-28(37)40-24-13-5-3-1-2-4-11-21-18-29(21,31-25(34)23-12-8-16-33(23)26(24)35)27(36)32-41(38,39)22-15-14-19-9-6-7-10-20(19)17-22/h4,6-7,9-11,14-15,17,21,23-24H,1-3,5,8,12-13,16,18H2,(H2,30,37)(H,31,34)(H,32,36)/b11-4+. The lowest BCUT2D eigenvalue weighted by atomic mass is 10.1. The van der Waals surface area contributed by atoms with Crippen molar-refractivity contribution < 1.29 is 32.3 Å². The maximum absolute atomic E-state index is 13.6. The quantitative estimate of drug-likeness (QED) is 0.466. The molecule has 2 fully saturated rings. The molecule has 4 atom stereocenters. The number of fused-ring (bicyclic) bond motifs is 3. The second-order valence-corrected chi connectivity index (χ2v) is 12.6. The summed E-state index contributed by atoms with van der Waals surface area (Å²) in [6.07, 6.45) is 5.93. The molecule has 4 unspecified atom stereocenters. The first-order chi connectivity index (χ1) is 19.6. The van der Waals surface area contributed by atoms with Crippen LogP contribution in [0, 0.1) is 5.92 Å². The molecule has 41 heavy (non-hydrogen) atoms. The summed E-state index contributed by atoms with van der Waals surface area (Å²) in [6.45, 7) is 0.286. The smallest absolute Gasteiger partial charge is 0.405 e. The van der Waals surface area contributed by atoms with Gasteiger partial charge in [-0.25, -0.2) is 17.9 Å². The molecule has 218 valence electrons. The molecule has 2 aromatic carbocycles. The zero-order valence-corrected chi connectivity index (χ0v) is 23.4. The van der Waals surface area contributed by atoms with E-state index < -0.39 is 57.4 Å². The molecule has 4 amide bonds. The number of primary amides is 1. The van der Waals surface area contributed by atoms with Gasteiger partial charge in [-0.15, -0.1) is 0 Å². The summed E-state index contributed by atoms with van der Waals surface area (Å²) < 4.78 is 33.8. The maximum Gasteiger partial charge on any atom is 0.405 e. The molecule has 2 aromatic rings. The molecule has 0 radical (unpaired) electrons. The lowest BCUT2D eigenvalue weighted by molar-refractivity contribution is -0.146. The number of carbonyl (C=O) groups excluding carboxylic acids is 4. The van der Waals surface area contributed by atoms with Crippen LogP contribution in [0.1, 0.15) is 51.4 Å². The van der Waals surface area contributed by atoms with Gasteiger partial charge in [-0.1, -0.05) is 48.9 Å². The van der Waals surface area contributed by atoms with E-state index in [0.717, 1.165) is 18.2 Å². The van der Waals surface area contributed by atoms with Crippen LogP contribution in [0.2, 0.25) is 0 Å². The molecule has 1 aliphatic carbocycles. The number of amides is 4. The topological polar surface area (TPSA) is 165 Å². The maximum atomic E-state index is 13.6. The molecule has 0 spiro atoms. The lowest BCUT2D eigenvalue weighted by Crippen LogP contribution is -2.57. The van der Waals surface area contributed by atoms with Crippen molar-refractivity contribution in [1.29, 1.82) is 0 Å². The van der Waals surface area contributed by atoms with Gasteiger partial charge in [-0.3, -0.25) is 14.4 Å². The predicted molar refractivity (Wildman–Crippen MR) is 150 cm³/mol. The average Bonchev–Trinajstić information content (AvgIpc) is 3.40. The monoisotopic (exact) mass is 582 g/mol. The third-order valence-electron chi connectivity index (χ3n) is 8.10. The summed E-state index contributed by atoms with van der Waals surface area (Å²) in [7, 11) is -4.24. The third-order valence-corrected chi connectivity index (χ3v) is 9.43. The zero-order chi connectivity index (χ0) is 29.2. The molecular formula is C29H34N4O7S. The van der Waals surface area contributed by atoms with Crippen LogP contribution in [0.25, 0.3) is 10.8 Å². The van der Waals surface area contributed by atoms with Crippen LogP contribution in [-0.4, -0.2) is 61.4 Å². The number of nitrogens with two attached hydrogens (primary N) is 1. The van der Waals surface area contributed by atoms with Crippen molar-refractivity contribution in [1.82, 2.24) is 14.9 Å². The Balaban J connectivity index is 1.39. The number of hydrogen-bond acceptors (Lipinski definition) is 7. The Hall–Kier alpha value is -3.93. The minimum Gasteiger partial charge on any atom is -0.436 e. The molecule has 5 rings (SSSR count). The van der Waals surface area contributed by atoms with Crippen LogP contribution in [0.5, 0.6) is 0 Å². The fourth-order valence-electron chi connectivity index (χ4n) is 5.78. The fourth-order valence-corrected chi connectivity index (χ4v) is 6.86. The largest absolute Gasteiger partial charge is 0.436 e. The van der Waals surface area contributed by atoms with E-state index in [1.54, 1.807) is 18.2 Å². The van der Waals surface area contributed by atoms with Gasteiger partial charge >= 0.3 is 6.09 Å². The molecule has 0 aromatic heterocycles. The van der Waals surface area contributed by atoms with E-state index in [1.165, 1.54) is 17.0 Å². The van der Waals surface area contributed by atoms with Crippen molar-refractivity contribution in [3.05, 3.63) is 54.6 Å². The summed E-state index contributed by atoms with van der Waals surface area (Å²) in [6, 6.07) is 11.0. The first-order valence-corrected chi connectivity index (χ1v) is 15.4. The molecule has 0 bridgehead atoms. The lowest BCUT2D eigenvalue weighted by Gasteiger charge is -2.29. The van der Waals surface area contributed by atoms with Gasteiger partial charge in [0.05, 0.1) is 4.90 Å². The molecule has 3 aliphatic rings. The van der Waals surface area contributed by atoms with Crippen molar-refractivity contribution in [3.8, 4) is 0 Å².